The van der Waals surface area contributed by atoms with E-state index in [4.69, 9.17) is 12.2 Å². The molecule has 3 N–H and O–H groups in total. The molecule has 2 aromatic rings. The van der Waals surface area contributed by atoms with Crippen LogP contribution >= 0.6 is 12.2 Å². The average Bonchev–Trinajstić information content (AvgIpc) is 2.69. The van der Waals surface area contributed by atoms with Crippen LogP contribution in [-0.4, -0.2) is 32.3 Å². The number of hydrogen-bond donors (Lipinski definition) is 3. The summed E-state index contributed by atoms with van der Waals surface area (Å²) >= 11 is 5.43. The number of phenolic OH excluding ortho intramolecular Hbond substituents is 1. The molecule has 0 spiro atoms. The number of benzene rings is 1. The number of rotatable bonds is 4. The maximum Gasteiger partial charge on any atom is 0.258 e. The molecule has 2 heterocycles. The van der Waals surface area contributed by atoms with Gasteiger partial charge in [-0.25, -0.2) is 0 Å². The first kappa shape index (κ1) is 18.3. The summed E-state index contributed by atoms with van der Waals surface area (Å²) in [5.74, 6) is 1.12. The number of fused-ring (bicyclic) bond motifs is 1. The molecule has 0 radical (unpaired) electrons. The fraction of sp³-hybridized carbons (Fsp3) is 0.500. The highest BCUT2D eigenvalue weighted by Crippen LogP contribution is 2.27. The number of anilines is 1. The van der Waals surface area contributed by atoms with Gasteiger partial charge in [-0.3, -0.25) is 14.7 Å². The average molecular weight is 387 g/mol. The number of nitrogens with one attached hydrogen (secondary N) is 2. The first-order chi connectivity index (χ1) is 13.1. The van der Waals surface area contributed by atoms with Crippen molar-refractivity contribution in [3.63, 3.8) is 0 Å². The number of aromatic hydroxyl groups is 1. The van der Waals surface area contributed by atoms with E-state index in [1.54, 1.807) is 12.1 Å². The Labute approximate surface area is 163 Å². The van der Waals surface area contributed by atoms with Gasteiger partial charge in [-0.05, 0) is 49.2 Å². The molecular formula is C20H26N4O2S. The SMILES string of the molecule is O=c1[nH]c(=S)n(CCc2ccc(O)cc2)c2c1CN(C1CCCCC1)CN2. The van der Waals surface area contributed by atoms with Crippen LogP contribution in [-0.2, 0) is 19.5 Å². The van der Waals surface area contributed by atoms with Crippen LogP contribution < -0.4 is 10.9 Å². The third kappa shape index (κ3) is 3.94. The summed E-state index contributed by atoms with van der Waals surface area (Å²) in [6.07, 6.45) is 7.10. The molecule has 6 nitrogen and oxygen atoms in total. The molecule has 1 aromatic carbocycles. The molecule has 0 unspecified atom stereocenters. The lowest BCUT2D eigenvalue weighted by atomic mass is 9.94. The van der Waals surface area contributed by atoms with Gasteiger partial charge >= 0.3 is 0 Å². The molecular weight excluding hydrogens is 360 g/mol. The van der Waals surface area contributed by atoms with Crippen LogP contribution in [0.4, 0.5) is 5.82 Å². The van der Waals surface area contributed by atoms with Crippen molar-refractivity contribution < 1.29 is 5.11 Å². The maximum atomic E-state index is 12.5. The monoisotopic (exact) mass is 386 g/mol. The molecule has 7 heteroatoms. The zero-order valence-corrected chi connectivity index (χ0v) is 16.2. The van der Waals surface area contributed by atoms with Crippen LogP contribution in [0.25, 0.3) is 0 Å². The number of aromatic nitrogens is 2. The Balaban J connectivity index is 1.56. The molecule has 0 amide bonds. The normalized spacial score (nSPS) is 18.1. The minimum atomic E-state index is -0.0797. The van der Waals surface area contributed by atoms with Crippen LogP contribution in [0, 0.1) is 4.77 Å². The summed E-state index contributed by atoms with van der Waals surface area (Å²) in [4.78, 5) is 17.8. The Morgan fingerprint density at radius 3 is 2.63 bits per heavy atom. The lowest BCUT2D eigenvalue weighted by Crippen LogP contribution is -2.45. The van der Waals surface area contributed by atoms with Gasteiger partial charge in [0.15, 0.2) is 4.77 Å². The van der Waals surface area contributed by atoms with E-state index in [1.165, 1.54) is 32.1 Å². The highest BCUT2D eigenvalue weighted by atomic mass is 32.1. The molecule has 1 saturated carbocycles. The predicted molar refractivity (Wildman–Crippen MR) is 109 cm³/mol. The number of H-pyrrole nitrogens is 1. The molecule has 27 heavy (non-hydrogen) atoms. The summed E-state index contributed by atoms with van der Waals surface area (Å²) in [5, 5.41) is 12.9. The van der Waals surface area contributed by atoms with Gasteiger partial charge in [0, 0.05) is 19.1 Å². The zero-order chi connectivity index (χ0) is 18.8. The summed E-state index contributed by atoms with van der Waals surface area (Å²) in [5.41, 5.74) is 1.82. The van der Waals surface area contributed by atoms with E-state index in [2.05, 4.69) is 15.2 Å². The third-order valence-corrected chi connectivity index (χ3v) is 6.08. The molecule has 1 fully saturated rings. The number of phenols is 1. The Morgan fingerprint density at radius 1 is 1.15 bits per heavy atom. The second-order valence-corrected chi connectivity index (χ2v) is 7.91. The third-order valence-electron chi connectivity index (χ3n) is 5.76. The predicted octanol–water partition coefficient (Wildman–Crippen LogP) is 3.37. The maximum absolute atomic E-state index is 12.5. The summed E-state index contributed by atoms with van der Waals surface area (Å²) in [6, 6.07) is 7.77. The number of hydrogen-bond acceptors (Lipinski definition) is 5. The zero-order valence-electron chi connectivity index (χ0n) is 15.4. The van der Waals surface area contributed by atoms with E-state index < -0.39 is 0 Å². The van der Waals surface area contributed by atoms with E-state index in [0.29, 0.717) is 23.9 Å². The van der Waals surface area contributed by atoms with Gasteiger partial charge in [0.1, 0.15) is 11.6 Å². The van der Waals surface area contributed by atoms with E-state index in [9.17, 15) is 9.90 Å². The molecule has 0 bridgehead atoms. The van der Waals surface area contributed by atoms with Crippen molar-refractivity contribution >= 4 is 18.0 Å². The van der Waals surface area contributed by atoms with Gasteiger partial charge in [-0.15, -0.1) is 0 Å². The number of aryl methyl sites for hydroxylation is 1. The van der Waals surface area contributed by atoms with Crippen LogP contribution in [0.1, 0.15) is 43.2 Å². The Hall–Kier alpha value is -2.12. The smallest absolute Gasteiger partial charge is 0.258 e. The fourth-order valence-corrected chi connectivity index (χ4v) is 4.49. The summed E-state index contributed by atoms with van der Waals surface area (Å²) < 4.78 is 2.45. The van der Waals surface area contributed by atoms with E-state index in [1.807, 2.05) is 16.7 Å². The molecule has 2 aliphatic rings. The first-order valence-corrected chi connectivity index (χ1v) is 10.1. The van der Waals surface area contributed by atoms with Crippen molar-refractivity contribution in [2.24, 2.45) is 0 Å². The fourth-order valence-electron chi connectivity index (χ4n) is 4.22. The summed E-state index contributed by atoms with van der Waals surface area (Å²) in [7, 11) is 0. The molecule has 144 valence electrons. The van der Waals surface area contributed by atoms with E-state index in [-0.39, 0.29) is 11.3 Å². The summed E-state index contributed by atoms with van der Waals surface area (Å²) in [6.45, 7) is 2.12. The lowest BCUT2D eigenvalue weighted by molar-refractivity contribution is 0.152. The van der Waals surface area contributed by atoms with Crippen LogP contribution in [0.2, 0.25) is 0 Å². The number of aromatic amines is 1. The van der Waals surface area contributed by atoms with Crippen molar-refractivity contribution in [2.75, 3.05) is 12.0 Å². The Kier molecular flexibility index (Phi) is 5.31. The number of nitrogens with zero attached hydrogens (tertiary/aromatic N) is 2. The van der Waals surface area contributed by atoms with Crippen molar-refractivity contribution in [3.8, 4) is 5.75 Å². The lowest BCUT2D eigenvalue weighted by Gasteiger charge is -2.38. The van der Waals surface area contributed by atoms with Crippen LogP contribution in [0.3, 0.4) is 0 Å². The second-order valence-electron chi connectivity index (χ2n) is 7.53. The van der Waals surface area contributed by atoms with Crippen LogP contribution in [0.5, 0.6) is 5.75 Å². The van der Waals surface area contributed by atoms with Gasteiger partial charge in [0.2, 0.25) is 0 Å². The molecule has 0 saturated heterocycles. The minimum absolute atomic E-state index is 0.0797. The van der Waals surface area contributed by atoms with Crippen molar-refractivity contribution in [1.82, 2.24) is 14.5 Å². The highest BCUT2D eigenvalue weighted by molar-refractivity contribution is 7.71. The van der Waals surface area contributed by atoms with Crippen LogP contribution in [0.15, 0.2) is 29.1 Å². The largest absolute Gasteiger partial charge is 0.508 e. The second kappa shape index (κ2) is 7.86. The van der Waals surface area contributed by atoms with Gasteiger partial charge in [-0.2, -0.15) is 0 Å². The highest BCUT2D eigenvalue weighted by Gasteiger charge is 2.27. The van der Waals surface area contributed by atoms with Gasteiger partial charge in [-0.1, -0.05) is 31.4 Å². The van der Waals surface area contributed by atoms with Crippen molar-refractivity contribution in [1.29, 1.82) is 0 Å². The van der Waals surface area contributed by atoms with Gasteiger partial charge in [0.05, 0.1) is 12.2 Å². The Morgan fingerprint density at radius 2 is 1.89 bits per heavy atom. The van der Waals surface area contributed by atoms with Crippen molar-refractivity contribution in [2.45, 2.75) is 57.7 Å². The van der Waals surface area contributed by atoms with E-state index in [0.717, 1.165) is 30.0 Å². The molecule has 1 aliphatic carbocycles. The first-order valence-electron chi connectivity index (χ1n) is 9.73. The minimum Gasteiger partial charge on any atom is -0.508 e. The van der Waals surface area contributed by atoms with Crippen molar-refractivity contribution in [3.05, 3.63) is 50.5 Å². The molecule has 1 aliphatic heterocycles. The molecule has 4 rings (SSSR count). The topological polar surface area (TPSA) is 73.3 Å². The van der Waals surface area contributed by atoms with Gasteiger partial charge in [0.25, 0.3) is 5.56 Å². The molecule has 0 atom stereocenters. The van der Waals surface area contributed by atoms with E-state index >= 15 is 0 Å². The molecule has 1 aromatic heterocycles. The van der Waals surface area contributed by atoms with Gasteiger partial charge < -0.3 is 15.0 Å². The standard InChI is InChI=1S/C20H26N4O2S/c25-16-8-6-14(7-9-16)10-11-24-18-17(19(26)22-20(24)27)12-23(13-21-18)15-4-2-1-3-5-15/h6-9,15,21,25H,1-5,10-13H2,(H,22,26,27). The quantitative estimate of drug-likeness (QED) is 0.703. The Bertz CT molecular complexity index is 913.